The number of esters is 1. The van der Waals surface area contributed by atoms with Crippen molar-refractivity contribution in [2.45, 2.75) is 51.6 Å². The van der Waals surface area contributed by atoms with Gasteiger partial charge in [0.25, 0.3) is 5.91 Å². The number of carbonyl (C=O) groups excluding carboxylic acids is 2. The Morgan fingerprint density at radius 3 is 2.43 bits per heavy atom. The summed E-state index contributed by atoms with van der Waals surface area (Å²) >= 11 is 0. The van der Waals surface area contributed by atoms with Gasteiger partial charge in [-0.15, -0.1) is 0 Å². The highest BCUT2D eigenvalue weighted by Crippen LogP contribution is 2.25. The molecule has 1 aliphatic heterocycles. The van der Waals surface area contributed by atoms with Crippen LogP contribution in [0, 0.1) is 5.92 Å². The molecular weight excluding hydrogens is 380 g/mol. The minimum Gasteiger partial charge on any atom is -0.449 e. The largest absolute Gasteiger partial charge is 0.449 e. The number of carbonyl (C=O) groups is 2. The van der Waals surface area contributed by atoms with Crippen molar-refractivity contribution in [3.63, 3.8) is 0 Å². The van der Waals surface area contributed by atoms with Crippen molar-refractivity contribution in [3.05, 3.63) is 29.8 Å². The van der Waals surface area contributed by atoms with Crippen molar-refractivity contribution in [3.8, 4) is 0 Å². The fourth-order valence-corrected chi connectivity index (χ4v) is 5.32. The van der Waals surface area contributed by atoms with Gasteiger partial charge in [-0.25, -0.2) is 13.2 Å². The van der Waals surface area contributed by atoms with Crippen molar-refractivity contribution < 1.29 is 22.7 Å². The topological polar surface area (TPSA) is 92.8 Å². The van der Waals surface area contributed by atoms with Crippen molar-refractivity contribution >= 4 is 27.6 Å². The Balaban J connectivity index is 1.51. The minimum absolute atomic E-state index is 0.143. The zero-order chi connectivity index (χ0) is 20.1. The number of sulfonamides is 1. The molecule has 1 aliphatic carbocycles. The minimum atomic E-state index is -3.26. The van der Waals surface area contributed by atoms with Crippen LogP contribution in [0.5, 0.6) is 0 Å². The summed E-state index contributed by atoms with van der Waals surface area (Å²) in [4.78, 5) is 24.5. The molecule has 0 radical (unpaired) electrons. The second kappa shape index (κ2) is 8.94. The normalized spacial score (nSPS) is 20.5. The van der Waals surface area contributed by atoms with Gasteiger partial charge < -0.3 is 10.1 Å². The third-order valence-electron chi connectivity index (χ3n) is 5.43. The lowest BCUT2D eigenvalue weighted by Gasteiger charge is -2.22. The average Bonchev–Trinajstić information content (AvgIpc) is 3.06. The van der Waals surface area contributed by atoms with Crippen LogP contribution in [0.1, 0.15) is 55.8 Å². The number of benzene rings is 1. The fourth-order valence-electron chi connectivity index (χ4n) is 3.76. The van der Waals surface area contributed by atoms with Crippen LogP contribution in [0.4, 0.5) is 5.69 Å². The lowest BCUT2D eigenvalue weighted by molar-refractivity contribution is -0.129. The van der Waals surface area contributed by atoms with Crippen LogP contribution in [-0.2, 0) is 19.6 Å². The lowest BCUT2D eigenvalue weighted by atomic mass is 9.89. The van der Waals surface area contributed by atoms with Gasteiger partial charge in [-0.3, -0.25) is 9.10 Å². The van der Waals surface area contributed by atoms with Crippen LogP contribution in [0.3, 0.4) is 0 Å². The zero-order valence-electron chi connectivity index (χ0n) is 16.2. The Kier molecular flexibility index (Phi) is 6.59. The van der Waals surface area contributed by atoms with Gasteiger partial charge in [0, 0.05) is 13.1 Å². The van der Waals surface area contributed by atoms with Crippen molar-refractivity contribution in [1.82, 2.24) is 5.32 Å². The predicted molar refractivity (Wildman–Crippen MR) is 107 cm³/mol. The summed E-state index contributed by atoms with van der Waals surface area (Å²) < 4.78 is 30.5. The first-order valence-corrected chi connectivity index (χ1v) is 11.6. The molecule has 3 rings (SSSR count). The van der Waals surface area contributed by atoms with E-state index in [4.69, 9.17) is 4.74 Å². The number of ether oxygens (including phenoxy) is 1. The third kappa shape index (κ3) is 5.04. The number of nitrogens with zero attached hydrogens (tertiary/aromatic N) is 1. The molecule has 1 saturated carbocycles. The molecule has 2 aliphatic rings. The smallest absolute Gasteiger partial charge is 0.338 e. The van der Waals surface area contributed by atoms with Crippen LogP contribution in [-0.4, -0.2) is 45.2 Å². The molecule has 154 valence electrons. The van der Waals surface area contributed by atoms with E-state index in [9.17, 15) is 18.0 Å². The number of nitrogens with one attached hydrogen (secondary N) is 1. The summed E-state index contributed by atoms with van der Waals surface area (Å²) in [6, 6.07) is 6.23. The molecule has 0 bridgehead atoms. The van der Waals surface area contributed by atoms with Gasteiger partial charge >= 0.3 is 5.97 Å². The maximum Gasteiger partial charge on any atom is 0.338 e. The second-order valence-corrected chi connectivity index (χ2v) is 9.60. The van der Waals surface area contributed by atoms with Crippen LogP contribution in [0.25, 0.3) is 0 Å². The van der Waals surface area contributed by atoms with Gasteiger partial charge in [-0.1, -0.05) is 19.3 Å². The van der Waals surface area contributed by atoms with Gasteiger partial charge in [0.05, 0.1) is 17.0 Å². The standard InChI is InChI=1S/C20H28N2O5S/c1-15(19(23)21-14-16-6-3-2-4-7-16)27-20(24)17-8-10-18(11-9-17)22-12-5-13-28(22,25)26/h8-11,15-16H,2-7,12-14H2,1H3,(H,21,23). The third-order valence-corrected chi connectivity index (χ3v) is 7.30. The summed E-state index contributed by atoms with van der Waals surface area (Å²) in [5, 5.41) is 2.87. The quantitative estimate of drug-likeness (QED) is 0.730. The molecule has 1 aromatic carbocycles. The van der Waals surface area contributed by atoms with Crippen molar-refractivity contribution in [2.75, 3.05) is 23.1 Å². The molecule has 1 atom stereocenters. The highest BCUT2D eigenvalue weighted by atomic mass is 32.2. The molecule has 1 amide bonds. The number of hydrogen-bond acceptors (Lipinski definition) is 5. The van der Waals surface area contributed by atoms with Gasteiger partial charge in [0.2, 0.25) is 10.0 Å². The van der Waals surface area contributed by atoms with Gasteiger partial charge in [0.15, 0.2) is 6.10 Å². The van der Waals surface area contributed by atoms with Crippen LogP contribution in [0.15, 0.2) is 24.3 Å². The van der Waals surface area contributed by atoms with Crippen LogP contribution >= 0.6 is 0 Å². The van der Waals surface area contributed by atoms with Crippen molar-refractivity contribution in [2.24, 2.45) is 5.92 Å². The second-order valence-electron chi connectivity index (χ2n) is 7.59. The monoisotopic (exact) mass is 408 g/mol. The highest BCUT2D eigenvalue weighted by molar-refractivity contribution is 7.93. The number of hydrogen-bond donors (Lipinski definition) is 1. The molecule has 1 heterocycles. The Labute approximate surface area is 166 Å². The number of rotatable bonds is 6. The van der Waals surface area contributed by atoms with E-state index < -0.39 is 22.1 Å². The summed E-state index contributed by atoms with van der Waals surface area (Å²) in [6.45, 7) is 2.63. The first-order chi connectivity index (χ1) is 13.4. The number of anilines is 1. The summed E-state index contributed by atoms with van der Waals surface area (Å²) in [5.74, 6) is -0.241. The molecule has 1 unspecified atom stereocenters. The first-order valence-electron chi connectivity index (χ1n) is 9.96. The Bertz CT molecular complexity index is 800. The molecule has 1 N–H and O–H groups in total. The Hall–Kier alpha value is -2.09. The first kappa shape index (κ1) is 20.6. The summed E-state index contributed by atoms with van der Waals surface area (Å²) in [5.41, 5.74) is 0.819. The van der Waals surface area contributed by atoms with E-state index >= 15 is 0 Å². The molecule has 7 nitrogen and oxygen atoms in total. The molecule has 8 heteroatoms. The molecule has 1 aromatic rings. The van der Waals surface area contributed by atoms with E-state index in [1.807, 2.05) is 0 Å². The number of amides is 1. The van der Waals surface area contributed by atoms with E-state index in [2.05, 4.69) is 5.32 Å². The Morgan fingerprint density at radius 2 is 1.82 bits per heavy atom. The molecule has 0 aromatic heterocycles. The van der Waals surface area contributed by atoms with E-state index in [1.165, 1.54) is 35.7 Å². The SMILES string of the molecule is CC(OC(=O)c1ccc(N2CCCS2(=O)=O)cc1)C(=O)NCC1CCCCC1. The van der Waals surface area contributed by atoms with Crippen molar-refractivity contribution in [1.29, 1.82) is 0 Å². The van der Waals surface area contributed by atoms with E-state index in [-0.39, 0.29) is 17.2 Å². The highest BCUT2D eigenvalue weighted by Gasteiger charge is 2.28. The maximum atomic E-state index is 12.3. The van der Waals surface area contributed by atoms with Crippen LogP contribution in [0.2, 0.25) is 0 Å². The van der Waals surface area contributed by atoms with E-state index in [0.29, 0.717) is 31.1 Å². The lowest BCUT2D eigenvalue weighted by Crippen LogP contribution is -2.38. The average molecular weight is 409 g/mol. The molecule has 2 fully saturated rings. The van der Waals surface area contributed by atoms with Gasteiger partial charge in [-0.2, -0.15) is 0 Å². The molecule has 0 spiro atoms. The molecular formula is C20H28N2O5S. The van der Waals surface area contributed by atoms with Crippen LogP contribution < -0.4 is 9.62 Å². The zero-order valence-corrected chi connectivity index (χ0v) is 17.0. The molecule has 28 heavy (non-hydrogen) atoms. The Morgan fingerprint density at radius 1 is 1.14 bits per heavy atom. The van der Waals surface area contributed by atoms with Gasteiger partial charge in [0.1, 0.15) is 0 Å². The van der Waals surface area contributed by atoms with Gasteiger partial charge in [-0.05, 0) is 56.4 Å². The van der Waals surface area contributed by atoms with E-state index in [0.717, 1.165) is 12.8 Å². The maximum absolute atomic E-state index is 12.3. The fraction of sp³-hybridized carbons (Fsp3) is 0.600. The summed E-state index contributed by atoms with van der Waals surface area (Å²) in [7, 11) is -3.26. The molecule has 1 saturated heterocycles. The predicted octanol–water partition coefficient (Wildman–Crippen LogP) is 2.47. The summed E-state index contributed by atoms with van der Waals surface area (Å²) in [6.07, 6.45) is 5.66. The van der Waals surface area contributed by atoms with E-state index in [1.54, 1.807) is 19.1 Å².